The molecule has 0 saturated carbocycles. The number of carbonyl (C=O) groups excluding carboxylic acids is 2. The van der Waals surface area contributed by atoms with Gasteiger partial charge in [-0.3, -0.25) is 9.59 Å². The van der Waals surface area contributed by atoms with Gasteiger partial charge in [-0.25, -0.2) is 4.98 Å². The number of rotatable bonds is 7. The molecular formula is C22H26N2O5S. The Morgan fingerprint density at radius 1 is 1.27 bits per heavy atom. The van der Waals surface area contributed by atoms with Gasteiger partial charge in [-0.05, 0) is 32.4 Å². The van der Waals surface area contributed by atoms with Crippen molar-refractivity contribution in [2.75, 3.05) is 18.5 Å². The number of aromatic nitrogens is 1. The second-order valence-electron chi connectivity index (χ2n) is 8.21. The third kappa shape index (κ3) is 3.81. The standard InChI is InChI=1S/C22H26N2O5S/c1-4-9-27-11-16-10-22(18(25)28-16)13-21(3,29-19(22)26)17-12-30-20(24-17)23-15-7-5-14(2)6-8-15/h5-8,12,16H,4,9-11,13H2,1-3H3,(H,23,24)/t16-,21+,22+/m0/s1. The minimum atomic E-state index is -1.27. The molecule has 0 bridgehead atoms. The summed E-state index contributed by atoms with van der Waals surface area (Å²) in [5.74, 6) is -1.05. The van der Waals surface area contributed by atoms with Crippen molar-refractivity contribution in [3.63, 3.8) is 0 Å². The number of anilines is 2. The van der Waals surface area contributed by atoms with Crippen LogP contribution in [0.5, 0.6) is 0 Å². The van der Waals surface area contributed by atoms with Crippen LogP contribution in [-0.4, -0.2) is 36.2 Å². The number of thiazole rings is 1. The molecule has 3 atom stereocenters. The zero-order chi connectivity index (χ0) is 21.4. The zero-order valence-electron chi connectivity index (χ0n) is 17.4. The van der Waals surface area contributed by atoms with Gasteiger partial charge in [-0.2, -0.15) is 0 Å². The molecule has 2 aliphatic rings. The minimum Gasteiger partial charge on any atom is -0.459 e. The van der Waals surface area contributed by atoms with Crippen LogP contribution in [0.4, 0.5) is 10.8 Å². The number of aryl methyl sites for hydroxylation is 1. The maximum absolute atomic E-state index is 12.8. The van der Waals surface area contributed by atoms with E-state index in [1.54, 1.807) is 6.92 Å². The Kier molecular flexibility index (Phi) is 5.55. The summed E-state index contributed by atoms with van der Waals surface area (Å²) in [7, 11) is 0. The summed E-state index contributed by atoms with van der Waals surface area (Å²) < 4.78 is 16.7. The molecule has 1 N–H and O–H groups in total. The minimum absolute atomic E-state index is 0.218. The van der Waals surface area contributed by atoms with Gasteiger partial charge in [0.05, 0.1) is 12.3 Å². The number of nitrogens with zero attached hydrogens (tertiary/aromatic N) is 1. The van der Waals surface area contributed by atoms with Gasteiger partial charge >= 0.3 is 11.9 Å². The molecule has 0 radical (unpaired) electrons. The molecule has 8 heteroatoms. The van der Waals surface area contributed by atoms with E-state index in [0.717, 1.165) is 12.1 Å². The molecule has 3 heterocycles. The Morgan fingerprint density at radius 3 is 2.77 bits per heavy atom. The Morgan fingerprint density at radius 2 is 2.03 bits per heavy atom. The fourth-order valence-electron chi connectivity index (χ4n) is 4.00. The number of hydrogen-bond acceptors (Lipinski definition) is 8. The summed E-state index contributed by atoms with van der Waals surface area (Å²) in [5.41, 5.74) is 0.492. The molecule has 30 heavy (non-hydrogen) atoms. The number of benzene rings is 1. The van der Waals surface area contributed by atoms with Crippen LogP contribution < -0.4 is 5.32 Å². The average Bonchev–Trinajstić information content (AvgIpc) is 3.36. The van der Waals surface area contributed by atoms with Crippen LogP contribution in [0.2, 0.25) is 0 Å². The van der Waals surface area contributed by atoms with Crippen LogP contribution in [0, 0.1) is 12.3 Å². The van der Waals surface area contributed by atoms with Crippen LogP contribution in [0.25, 0.3) is 0 Å². The van der Waals surface area contributed by atoms with Gasteiger partial charge in [0.15, 0.2) is 16.1 Å². The van der Waals surface area contributed by atoms with Crippen LogP contribution in [0.15, 0.2) is 29.6 Å². The molecule has 1 aromatic heterocycles. The maximum atomic E-state index is 12.8. The lowest BCUT2D eigenvalue weighted by Crippen LogP contribution is -2.32. The van der Waals surface area contributed by atoms with E-state index in [1.165, 1.54) is 16.9 Å². The monoisotopic (exact) mass is 430 g/mol. The van der Waals surface area contributed by atoms with E-state index in [0.29, 0.717) is 24.0 Å². The van der Waals surface area contributed by atoms with Crippen molar-refractivity contribution in [3.05, 3.63) is 40.9 Å². The first-order chi connectivity index (χ1) is 14.3. The highest BCUT2D eigenvalue weighted by Crippen LogP contribution is 2.52. The summed E-state index contributed by atoms with van der Waals surface area (Å²) in [5, 5.41) is 5.83. The van der Waals surface area contributed by atoms with Crippen molar-refractivity contribution in [3.8, 4) is 0 Å². The van der Waals surface area contributed by atoms with Gasteiger partial charge < -0.3 is 19.5 Å². The summed E-state index contributed by atoms with van der Waals surface area (Å²) in [6.45, 7) is 6.74. The number of ether oxygens (including phenoxy) is 3. The smallest absolute Gasteiger partial charge is 0.324 e. The Hall–Kier alpha value is -2.45. The number of cyclic esters (lactones) is 2. The van der Waals surface area contributed by atoms with Crippen molar-refractivity contribution in [2.24, 2.45) is 5.41 Å². The van der Waals surface area contributed by atoms with E-state index in [2.05, 4.69) is 10.3 Å². The van der Waals surface area contributed by atoms with Gasteiger partial charge in [0.1, 0.15) is 6.10 Å². The molecular weight excluding hydrogens is 404 g/mol. The van der Waals surface area contributed by atoms with E-state index >= 15 is 0 Å². The maximum Gasteiger partial charge on any atom is 0.324 e. The van der Waals surface area contributed by atoms with Crippen molar-refractivity contribution < 1.29 is 23.8 Å². The van der Waals surface area contributed by atoms with Crippen molar-refractivity contribution in [2.45, 2.75) is 51.7 Å². The van der Waals surface area contributed by atoms with E-state index in [-0.39, 0.29) is 12.8 Å². The molecule has 1 aromatic carbocycles. The van der Waals surface area contributed by atoms with E-state index in [4.69, 9.17) is 14.2 Å². The van der Waals surface area contributed by atoms with E-state index in [9.17, 15) is 9.59 Å². The van der Waals surface area contributed by atoms with Crippen LogP contribution in [0.3, 0.4) is 0 Å². The normalized spacial score (nSPS) is 28.0. The first-order valence-corrected chi connectivity index (χ1v) is 11.0. The largest absolute Gasteiger partial charge is 0.459 e. The lowest BCUT2D eigenvalue weighted by molar-refractivity contribution is -0.160. The van der Waals surface area contributed by atoms with Gasteiger partial charge in [0.2, 0.25) is 0 Å². The second kappa shape index (κ2) is 8.00. The van der Waals surface area contributed by atoms with E-state index in [1.807, 2.05) is 43.5 Å². The molecule has 2 aromatic rings. The fraction of sp³-hybridized carbons (Fsp3) is 0.500. The topological polar surface area (TPSA) is 86.8 Å². The molecule has 0 unspecified atom stereocenters. The summed E-state index contributed by atoms with van der Waals surface area (Å²) in [6.07, 6.45) is 0.959. The molecule has 4 rings (SSSR count). The van der Waals surface area contributed by atoms with Crippen LogP contribution in [-0.2, 0) is 29.4 Å². The van der Waals surface area contributed by atoms with Gasteiger partial charge in [0.25, 0.3) is 0 Å². The molecule has 2 saturated heterocycles. The van der Waals surface area contributed by atoms with Crippen molar-refractivity contribution in [1.82, 2.24) is 4.98 Å². The molecule has 2 aliphatic heterocycles. The van der Waals surface area contributed by atoms with Crippen molar-refractivity contribution >= 4 is 34.1 Å². The highest BCUT2D eigenvalue weighted by Gasteiger charge is 2.65. The first-order valence-electron chi connectivity index (χ1n) is 10.2. The second-order valence-corrected chi connectivity index (χ2v) is 9.07. The molecule has 1 spiro atoms. The predicted molar refractivity (Wildman–Crippen MR) is 113 cm³/mol. The summed E-state index contributed by atoms with van der Waals surface area (Å²) in [6, 6.07) is 8.01. The first kappa shape index (κ1) is 20.8. The number of nitrogens with one attached hydrogen (secondary N) is 1. The molecule has 160 valence electrons. The van der Waals surface area contributed by atoms with E-state index < -0.39 is 29.1 Å². The van der Waals surface area contributed by atoms with Gasteiger partial charge in [0, 0.05) is 30.5 Å². The Labute approximate surface area is 179 Å². The van der Waals surface area contributed by atoms with Gasteiger partial charge in [-0.15, -0.1) is 11.3 Å². The third-order valence-corrected chi connectivity index (χ3v) is 6.35. The van der Waals surface area contributed by atoms with Crippen LogP contribution in [0.1, 0.15) is 44.4 Å². The van der Waals surface area contributed by atoms with Gasteiger partial charge in [-0.1, -0.05) is 24.6 Å². The SMILES string of the molecule is CCCOC[C@@H]1C[C@@]2(C[C@](C)(c3csc(Nc4ccc(C)cc4)n3)OC2=O)C(=O)O1. The number of carbonyl (C=O) groups is 2. The van der Waals surface area contributed by atoms with Crippen LogP contribution >= 0.6 is 11.3 Å². The molecule has 7 nitrogen and oxygen atoms in total. The Bertz CT molecular complexity index is 943. The molecule has 0 amide bonds. The van der Waals surface area contributed by atoms with Crippen molar-refractivity contribution in [1.29, 1.82) is 0 Å². The summed E-state index contributed by atoms with van der Waals surface area (Å²) >= 11 is 1.43. The third-order valence-electron chi connectivity index (χ3n) is 5.59. The molecule has 2 fully saturated rings. The highest BCUT2D eigenvalue weighted by molar-refractivity contribution is 7.13. The average molecular weight is 431 g/mol. The highest BCUT2D eigenvalue weighted by atomic mass is 32.1. The lowest BCUT2D eigenvalue weighted by atomic mass is 9.78. The summed E-state index contributed by atoms with van der Waals surface area (Å²) in [4.78, 5) is 30.1. The fourth-order valence-corrected chi connectivity index (χ4v) is 4.86. The lowest BCUT2D eigenvalue weighted by Gasteiger charge is -2.20. The Balaban J connectivity index is 1.48. The molecule has 0 aliphatic carbocycles. The number of esters is 2. The predicted octanol–water partition coefficient (Wildman–Crippen LogP) is 4.09. The number of hydrogen-bond donors (Lipinski definition) is 1. The quantitative estimate of drug-likeness (QED) is 0.402. The zero-order valence-corrected chi connectivity index (χ0v) is 18.2.